The highest BCUT2D eigenvalue weighted by molar-refractivity contribution is 6.31. The summed E-state index contributed by atoms with van der Waals surface area (Å²) in [5.41, 5.74) is 2.78. The second-order valence-corrected chi connectivity index (χ2v) is 7.73. The Morgan fingerprint density at radius 1 is 0.897 bits per heavy atom. The van der Waals surface area contributed by atoms with E-state index < -0.39 is 5.41 Å². The van der Waals surface area contributed by atoms with Crippen LogP contribution in [0.3, 0.4) is 0 Å². The zero-order valence-electron chi connectivity index (χ0n) is 15.8. The first kappa shape index (κ1) is 19.2. The van der Waals surface area contributed by atoms with Crippen LogP contribution in [0.15, 0.2) is 78.9 Å². The number of anilines is 1. The molecule has 5 heteroatoms. The van der Waals surface area contributed by atoms with E-state index in [1.165, 1.54) is 0 Å². The maximum atomic E-state index is 12.8. The predicted octanol–water partition coefficient (Wildman–Crippen LogP) is 4.94. The number of nitrogens with one attached hydrogen (secondary N) is 2. The summed E-state index contributed by atoms with van der Waals surface area (Å²) in [6.07, 6.45) is 1.67. The monoisotopic (exact) mass is 404 g/mol. The Morgan fingerprint density at radius 3 is 2.28 bits per heavy atom. The van der Waals surface area contributed by atoms with Crippen molar-refractivity contribution in [3.8, 4) is 0 Å². The van der Waals surface area contributed by atoms with Gasteiger partial charge in [0.15, 0.2) is 0 Å². The Morgan fingerprint density at radius 2 is 1.62 bits per heavy atom. The summed E-state index contributed by atoms with van der Waals surface area (Å²) < 4.78 is 0. The number of halogens is 1. The highest BCUT2D eigenvalue weighted by Gasteiger charge is 2.51. The Labute approximate surface area is 174 Å². The van der Waals surface area contributed by atoms with Crippen molar-refractivity contribution in [2.24, 2.45) is 0 Å². The van der Waals surface area contributed by atoms with Gasteiger partial charge in [0, 0.05) is 22.8 Å². The van der Waals surface area contributed by atoms with Gasteiger partial charge in [-0.3, -0.25) is 9.59 Å². The first-order chi connectivity index (χ1) is 14.1. The van der Waals surface area contributed by atoms with Crippen LogP contribution in [0.1, 0.15) is 34.3 Å². The topological polar surface area (TPSA) is 58.2 Å². The maximum Gasteiger partial charge on any atom is 0.255 e. The van der Waals surface area contributed by atoms with E-state index in [1.54, 1.807) is 24.3 Å². The molecule has 2 amide bonds. The molecule has 2 N–H and O–H groups in total. The molecule has 0 spiro atoms. The van der Waals surface area contributed by atoms with Gasteiger partial charge in [-0.25, -0.2) is 0 Å². The fourth-order valence-electron chi connectivity index (χ4n) is 3.42. The number of carbonyl (C=O) groups excluding carboxylic acids is 2. The molecule has 0 bridgehead atoms. The minimum absolute atomic E-state index is 0.0528. The van der Waals surface area contributed by atoms with E-state index in [0.717, 1.165) is 24.0 Å². The van der Waals surface area contributed by atoms with Gasteiger partial charge in [0.2, 0.25) is 5.91 Å². The minimum atomic E-state index is -0.454. The number of hydrogen-bond donors (Lipinski definition) is 2. The van der Waals surface area contributed by atoms with Gasteiger partial charge >= 0.3 is 0 Å². The number of rotatable bonds is 6. The lowest BCUT2D eigenvalue weighted by Crippen LogP contribution is -2.34. The van der Waals surface area contributed by atoms with Gasteiger partial charge in [-0.05, 0) is 54.3 Å². The average Bonchev–Trinajstić information content (AvgIpc) is 3.55. The van der Waals surface area contributed by atoms with Crippen molar-refractivity contribution in [3.05, 3.63) is 101 Å². The summed E-state index contributed by atoms with van der Waals surface area (Å²) in [4.78, 5) is 25.1. The average molecular weight is 405 g/mol. The molecule has 3 aromatic rings. The van der Waals surface area contributed by atoms with Crippen molar-refractivity contribution in [1.82, 2.24) is 5.32 Å². The fourth-order valence-corrected chi connectivity index (χ4v) is 3.62. The van der Waals surface area contributed by atoms with Crippen molar-refractivity contribution in [1.29, 1.82) is 0 Å². The Balaban J connectivity index is 1.40. The molecule has 4 nitrogen and oxygen atoms in total. The van der Waals surface area contributed by atoms with Crippen molar-refractivity contribution >= 4 is 29.1 Å². The van der Waals surface area contributed by atoms with E-state index >= 15 is 0 Å². The number of amides is 2. The Hall–Kier alpha value is -3.11. The van der Waals surface area contributed by atoms with Crippen LogP contribution in [-0.4, -0.2) is 11.8 Å². The van der Waals surface area contributed by atoms with Crippen LogP contribution in [-0.2, 0) is 16.8 Å². The van der Waals surface area contributed by atoms with E-state index in [-0.39, 0.29) is 11.8 Å². The second-order valence-electron chi connectivity index (χ2n) is 7.29. The van der Waals surface area contributed by atoms with Crippen molar-refractivity contribution in [2.45, 2.75) is 24.8 Å². The van der Waals surface area contributed by atoms with Crippen molar-refractivity contribution in [2.75, 3.05) is 5.32 Å². The third kappa shape index (κ3) is 4.33. The van der Waals surface area contributed by atoms with E-state index in [2.05, 4.69) is 10.6 Å². The first-order valence-electron chi connectivity index (χ1n) is 9.56. The van der Waals surface area contributed by atoms with Crippen LogP contribution in [0.25, 0.3) is 0 Å². The molecule has 4 rings (SSSR count). The summed E-state index contributed by atoms with van der Waals surface area (Å²) >= 11 is 5.95. The molecule has 0 radical (unpaired) electrons. The summed E-state index contributed by atoms with van der Waals surface area (Å²) in [6.45, 7) is 0.523. The van der Waals surface area contributed by atoms with Crippen LogP contribution < -0.4 is 10.6 Å². The van der Waals surface area contributed by atoms with Gasteiger partial charge in [-0.15, -0.1) is 0 Å². The van der Waals surface area contributed by atoms with Crippen LogP contribution in [0, 0.1) is 0 Å². The van der Waals surface area contributed by atoms with Crippen LogP contribution in [0.5, 0.6) is 0 Å². The second kappa shape index (κ2) is 8.10. The van der Waals surface area contributed by atoms with E-state index in [1.807, 2.05) is 54.6 Å². The normalized spacial score (nSPS) is 14.1. The summed E-state index contributed by atoms with van der Waals surface area (Å²) in [7, 11) is 0. The standard InChI is InChI=1S/C24H21ClN2O2/c25-20-8-4-7-18(15-20)22(28)27-21-11-9-19(10-12-21)24(13-14-24)23(29)26-16-17-5-2-1-3-6-17/h1-12,15H,13-14,16H2,(H,26,29)(H,27,28). The molecule has 0 saturated heterocycles. The summed E-state index contributed by atoms with van der Waals surface area (Å²) in [5.74, 6) is -0.168. The smallest absolute Gasteiger partial charge is 0.255 e. The predicted molar refractivity (Wildman–Crippen MR) is 115 cm³/mol. The molecular formula is C24H21ClN2O2. The highest BCUT2D eigenvalue weighted by atomic mass is 35.5. The van der Waals surface area contributed by atoms with Gasteiger partial charge in [0.05, 0.1) is 5.41 Å². The molecule has 3 aromatic carbocycles. The zero-order valence-corrected chi connectivity index (χ0v) is 16.6. The van der Waals surface area contributed by atoms with Crippen molar-refractivity contribution in [3.63, 3.8) is 0 Å². The number of carbonyl (C=O) groups is 2. The Bertz CT molecular complexity index is 1030. The van der Waals surface area contributed by atoms with Gasteiger partial charge in [-0.1, -0.05) is 60.1 Å². The van der Waals surface area contributed by atoms with Crippen LogP contribution >= 0.6 is 11.6 Å². The number of benzene rings is 3. The molecule has 0 unspecified atom stereocenters. The quantitative estimate of drug-likeness (QED) is 0.611. The van der Waals surface area contributed by atoms with Gasteiger partial charge < -0.3 is 10.6 Å². The molecule has 146 valence electrons. The molecule has 1 aliphatic rings. The molecular weight excluding hydrogens is 384 g/mol. The lowest BCUT2D eigenvalue weighted by Gasteiger charge is -2.16. The largest absolute Gasteiger partial charge is 0.351 e. The number of hydrogen-bond acceptors (Lipinski definition) is 2. The fraction of sp³-hybridized carbons (Fsp3) is 0.167. The first-order valence-corrected chi connectivity index (χ1v) is 9.94. The third-order valence-corrected chi connectivity index (χ3v) is 5.50. The molecule has 1 aliphatic carbocycles. The van der Waals surface area contributed by atoms with E-state index in [0.29, 0.717) is 22.8 Å². The SMILES string of the molecule is O=C(Nc1ccc(C2(C(=O)NCc3ccccc3)CC2)cc1)c1cccc(Cl)c1. The molecule has 1 fully saturated rings. The van der Waals surface area contributed by atoms with E-state index in [9.17, 15) is 9.59 Å². The van der Waals surface area contributed by atoms with Crippen LogP contribution in [0.4, 0.5) is 5.69 Å². The third-order valence-electron chi connectivity index (χ3n) is 5.26. The highest BCUT2D eigenvalue weighted by Crippen LogP contribution is 2.48. The zero-order chi connectivity index (χ0) is 20.3. The van der Waals surface area contributed by atoms with Crippen molar-refractivity contribution < 1.29 is 9.59 Å². The molecule has 1 saturated carbocycles. The molecule has 0 atom stereocenters. The molecule has 29 heavy (non-hydrogen) atoms. The lowest BCUT2D eigenvalue weighted by molar-refractivity contribution is -0.123. The lowest BCUT2D eigenvalue weighted by atomic mass is 9.94. The molecule has 0 heterocycles. The minimum Gasteiger partial charge on any atom is -0.351 e. The maximum absolute atomic E-state index is 12.8. The molecule has 0 aromatic heterocycles. The summed E-state index contributed by atoms with van der Waals surface area (Å²) in [6, 6.07) is 24.2. The van der Waals surface area contributed by atoms with Crippen LogP contribution in [0.2, 0.25) is 5.02 Å². The van der Waals surface area contributed by atoms with Gasteiger partial charge in [0.25, 0.3) is 5.91 Å². The summed E-state index contributed by atoms with van der Waals surface area (Å²) in [5, 5.41) is 6.43. The molecule has 0 aliphatic heterocycles. The van der Waals surface area contributed by atoms with Gasteiger partial charge in [0.1, 0.15) is 0 Å². The Kier molecular flexibility index (Phi) is 5.36. The van der Waals surface area contributed by atoms with Gasteiger partial charge in [-0.2, -0.15) is 0 Å². The van der Waals surface area contributed by atoms with E-state index in [4.69, 9.17) is 11.6 Å².